The Morgan fingerprint density at radius 3 is 2.13 bits per heavy atom. The van der Waals surface area contributed by atoms with Gasteiger partial charge in [-0.2, -0.15) is 0 Å². The van der Waals surface area contributed by atoms with E-state index in [0.29, 0.717) is 25.8 Å². The third-order valence-corrected chi connectivity index (χ3v) is 6.15. The largest absolute Gasteiger partial charge is 0.481 e. The van der Waals surface area contributed by atoms with Gasteiger partial charge in [-0.25, -0.2) is 0 Å². The Hall–Kier alpha value is -2.66. The Labute approximate surface area is 185 Å². The Morgan fingerprint density at radius 1 is 0.968 bits per heavy atom. The van der Waals surface area contributed by atoms with E-state index in [0.717, 1.165) is 24.6 Å². The highest BCUT2D eigenvalue weighted by Crippen LogP contribution is 2.22. The van der Waals surface area contributed by atoms with Crippen molar-refractivity contribution in [2.45, 2.75) is 57.9 Å². The molecule has 1 aliphatic rings. The summed E-state index contributed by atoms with van der Waals surface area (Å²) < 4.78 is 0. The lowest BCUT2D eigenvalue weighted by Gasteiger charge is -2.20. The number of nitrogens with zero attached hydrogens (tertiary/aromatic N) is 1. The van der Waals surface area contributed by atoms with Crippen LogP contribution >= 0.6 is 0 Å². The number of rotatable bonds is 11. The van der Waals surface area contributed by atoms with Crippen LogP contribution in [0.4, 0.5) is 0 Å². The van der Waals surface area contributed by atoms with Crippen LogP contribution in [0.15, 0.2) is 48.5 Å². The second-order valence-electron chi connectivity index (χ2n) is 8.52. The zero-order valence-corrected chi connectivity index (χ0v) is 18.5. The number of likely N-dealkylation sites (tertiary alicyclic amines) is 1. The number of amides is 1. The summed E-state index contributed by atoms with van der Waals surface area (Å²) in [6.07, 6.45) is 5.39. The minimum atomic E-state index is -0.833. The van der Waals surface area contributed by atoms with Crippen molar-refractivity contribution < 1.29 is 14.7 Å². The Kier molecular flexibility index (Phi) is 8.65. The third kappa shape index (κ3) is 7.51. The van der Waals surface area contributed by atoms with Crippen LogP contribution in [0.3, 0.4) is 0 Å². The first-order valence-corrected chi connectivity index (χ1v) is 11.4. The van der Waals surface area contributed by atoms with Crippen molar-refractivity contribution >= 4 is 11.9 Å². The summed E-state index contributed by atoms with van der Waals surface area (Å²) in [5, 5.41) is 11.4. The van der Waals surface area contributed by atoms with E-state index in [1.165, 1.54) is 36.1 Å². The van der Waals surface area contributed by atoms with Gasteiger partial charge in [0, 0.05) is 32.0 Å². The minimum absolute atomic E-state index is 0.0339. The highest BCUT2D eigenvalue weighted by atomic mass is 16.4. The molecule has 1 amide bonds. The molecule has 1 unspecified atom stereocenters. The van der Waals surface area contributed by atoms with Crippen LogP contribution in [-0.4, -0.2) is 47.6 Å². The number of carbonyl (C=O) groups excluding carboxylic acids is 1. The average molecular weight is 423 g/mol. The molecule has 0 bridgehead atoms. The first-order valence-electron chi connectivity index (χ1n) is 11.4. The molecule has 3 rings (SSSR count). The molecule has 0 saturated carbocycles. The fraction of sp³-hybridized carbons (Fsp3) is 0.462. The standard InChI is InChI=1S/C26H34N2O3/c1-20-4-3-18-28(20)19-16-22-8-13-24(14-9-22)23-11-6-21(7-12-23)10-15-25(29)27-17-2-5-26(30)31/h6-9,11-14,20H,2-5,10,15-19H2,1H3,(H,27,29)(H,30,31). The molecule has 5 nitrogen and oxygen atoms in total. The summed E-state index contributed by atoms with van der Waals surface area (Å²) in [5.74, 6) is -0.867. The maximum atomic E-state index is 11.9. The molecule has 5 heteroatoms. The lowest BCUT2D eigenvalue weighted by Crippen LogP contribution is -2.28. The SMILES string of the molecule is CC1CCCN1CCc1ccc(-c2ccc(CCC(=O)NCCCC(=O)O)cc2)cc1. The van der Waals surface area contributed by atoms with Crippen LogP contribution in [0.2, 0.25) is 0 Å². The third-order valence-electron chi connectivity index (χ3n) is 6.15. The molecule has 1 heterocycles. The van der Waals surface area contributed by atoms with E-state index in [9.17, 15) is 9.59 Å². The van der Waals surface area contributed by atoms with Gasteiger partial charge in [0.1, 0.15) is 0 Å². The first kappa shape index (κ1) is 23.0. The summed E-state index contributed by atoms with van der Waals surface area (Å²) in [6.45, 7) is 5.12. The maximum absolute atomic E-state index is 11.9. The summed E-state index contributed by atoms with van der Waals surface area (Å²) >= 11 is 0. The van der Waals surface area contributed by atoms with Crippen molar-refractivity contribution in [1.82, 2.24) is 10.2 Å². The van der Waals surface area contributed by atoms with Crippen LogP contribution in [0, 0.1) is 0 Å². The second kappa shape index (κ2) is 11.7. The maximum Gasteiger partial charge on any atom is 0.303 e. The van der Waals surface area contributed by atoms with Gasteiger partial charge in [0.15, 0.2) is 0 Å². The van der Waals surface area contributed by atoms with Crippen LogP contribution in [0.25, 0.3) is 11.1 Å². The summed E-state index contributed by atoms with van der Waals surface area (Å²) in [5.41, 5.74) is 4.90. The Balaban J connectivity index is 1.43. The lowest BCUT2D eigenvalue weighted by molar-refractivity contribution is -0.137. The fourth-order valence-corrected chi connectivity index (χ4v) is 4.14. The molecule has 0 radical (unpaired) electrons. The highest BCUT2D eigenvalue weighted by molar-refractivity contribution is 5.76. The van der Waals surface area contributed by atoms with E-state index in [4.69, 9.17) is 5.11 Å². The monoisotopic (exact) mass is 422 g/mol. The van der Waals surface area contributed by atoms with Crippen LogP contribution in [0.1, 0.15) is 50.2 Å². The molecule has 1 aliphatic heterocycles. The summed E-state index contributed by atoms with van der Waals surface area (Å²) in [6, 6.07) is 18.0. The van der Waals surface area contributed by atoms with Crippen LogP contribution < -0.4 is 5.32 Å². The first-order chi connectivity index (χ1) is 15.0. The number of carbonyl (C=O) groups is 2. The van der Waals surface area contributed by atoms with Gasteiger partial charge < -0.3 is 15.3 Å². The van der Waals surface area contributed by atoms with Gasteiger partial charge in [-0.05, 0) is 67.8 Å². The average Bonchev–Trinajstić information content (AvgIpc) is 3.19. The van der Waals surface area contributed by atoms with Crippen molar-refractivity contribution in [1.29, 1.82) is 0 Å². The molecule has 166 valence electrons. The minimum Gasteiger partial charge on any atom is -0.481 e. The predicted octanol–water partition coefficient (Wildman–Crippen LogP) is 4.29. The molecule has 2 aromatic carbocycles. The number of aliphatic carboxylic acids is 1. The fourth-order valence-electron chi connectivity index (χ4n) is 4.14. The zero-order valence-electron chi connectivity index (χ0n) is 18.5. The van der Waals surface area contributed by atoms with Gasteiger partial charge in [-0.15, -0.1) is 0 Å². The number of carboxylic acids is 1. The lowest BCUT2D eigenvalue weighted by atomic mass is 10.00. The van der Waals surface area contributed by atoms with E-state index in [2.05, 4.69) is 65.7 Å². The van der Waals surface area contributed by atoms with Gasteiger partial charge in [0.2, 0.25) is 5.91 Å². The molecule has 0 aliphatic carbocycles. The van der Waals surface area contributed by atoms with Gasteiger partial charge in [0.05, 0.1) is 0 Å². The van der Waals surface area contributed by atoms with Crippen molar-refractivity contribution in [3.63, 3.8) is 0 Å². The Morgan fingerprint density at radius 2 is 1.58 bits per heavy atom. The van der Waals surface area contributed by atoms with E-state index in [1.54, 1.807) is 0 Å². The number of aryl methyl sites for hydroxylation is 1. The number of benzene rings is 2. The molecule has 1 saturated heterocycles. The van der Waals surface area contributed by atoms with Gasteiger partial charge >= 0.3 is 5.97 Å². The molecular formula is C26H34N2O3. The van der Waals surface area contributed by atoms with Crippen molar-refractivity contribution in [2.75, 3.05) is 19.6 Å². The number of hydrogen-bond acceptors (Lipinski definition) is 3. The van der Waals surface area contributed by atoms with E-state index >= 15 is 0 Å². The van der Waals surface area contributed by atoms with Crippen molar-refractivity contribution in [3.8, 4) is 11.1 Å². The normalized spacial score (nSPS) is 16.4. The molecule has 1 fully saturated rings. The molecule has 1 atom stereocenters. The number of nitrogens with one attached hydrogen (secondary N) is 1. The van der Waals surface area contributed by atoms with E-state index in [1.807, 2.05) is 0 Å². The van der Waals surface area contributed by atoms with Crippen molar-refractivity contribution in [3.05, 3.63) is 59.7 Å². The molecule has 0 spiro atoms. The van der Waals surface area contributed by atoms with Crippen LogP contribution in [-0.2, 0) is 22.4 Å². The summed E-state index contributed by atoms with van der Waals surface area (Å²) in [4.78, 5) is 24.9. The summed E-state index contributed by atoms with van der Waals surface area (Å²) in [7, 11) is 0. The number of carboxylic acid groups (broad SMARTS) is 1. The highest BCUT2D eigenvalue weighted by Gasteiger charge is 2.19. The van der Waals surface area contributed by atoms with E-state index < -0.39 is 5.97 Å². The molecule has 31 heavy (non-hydrogen) atoms. The molecule has 2 aromatic rings. The van der Waals surface area contributed by atoms with Crippen LogP contribution in [0.5, 0.6) is 0 Å². The topological polar surface area (TPSA) is 69.6 Å². The van der Waals surface area contributed by atoms with Gasteiger partial charge in [-0.1, -0.05) is 48.5 Å². The molecule has 0 aromatic heterocycles. The zero-order chi connectivity index (χ0) is 22.1. The number of hydrogen-bond donors (Lipinski definition) is 2. The molecular weight excluding hydrogens is 388 g/mol. The van der Waals surface area contributed by atoms with Crippen molar-refractivity contribution in [2.24, 2.45) is 0 Å². The van der Waals surface area contributed by atoms with Gasteiger partial charge in [-0.3, -0.25) is 9.59 Å². The quantitative estimate of drug-likeness (QED) is 0.530. The Bertz CT molecular complexity index is 846. The smallest absolute Gasteiger partial charge is 0.303 e. The van der Waals surface area contributed by atoms with E-state index in [-0.39, 0.29) is 12.3 Å². The predicted molar refractivity (Wildman–Crippen MR) is 124 cm³/mol. The second-order valence-corrected chi connectivity index (χ2v) is 8.52. The van der Waals surface area contributed by atoms with Gasteiger partial charge in [0.25, 0.3) is 0 Å². The molecule has 2 N–H and O–H groups in total.